The molecule has 0 spiro atoms. The molecule has 4 nitrogen and oxygen atoms in total. The summed E-state index contributed by atoms with van der Waals surface area (Å²) in [6.45, 7) is 1.93. The van der Waals surface area contributed by atoms with Crippen molar-refractivity contribution in [3.05, 3.63) is 70.6 Å². The van der Waals surface area contributed by atoms with Crippen molar-refractivity contribution in [3.63, 3.8) is 0 Å². The van der Waals surface area contributed by atoms with Gasteiger partial charge in [-0.2, -0.15) is 4.99 Å². The van der Waals surface area contributed by atoms with Crippen LogP contribution < -0.4 is 4.74 Å². The summed E-state index contributed by atoms with van der Waals surface area (Å²) in [5, 5.41) is 0.850. The number of aliphatic imine (C=N–C) groups is 1. The Labute approximate surface area is 170 Å². The Bertz CT molecular complexity index is 883. The van der Waals surface area contributed by atoms with E-state index in [0.29, 0.717) is 10.8 Å². The molecule has 0 unspecified atom stereocenters. The maximum absolute atomic E-state index is 12.3. The van der Waals surface area contributed by atoms with Crippen LogP contribution in [0.25, 0.3) is 6.08 Å². The number of carbonyl (C=O) groups excluding carboxylic acids is 1. The molecule has 28 heavy (non-hydrogen) atoms. The van der Waals surface area contributed by atoms with Gasteiger partial charge >= 0.3 is 0 Å². The molecule has 2 aromatic rings. The van der Waals surface area contributed by atoms with Crippen molar-refractivity contribution >= 4 is 28.9 Å². The highest BCUT2D eigenvalue weighted by Gasteiger charge is 2.29. The molecule has 0 aliphatic carbocycles. The zero-order valence-electron chi connectivity index (χ0n) is 16.0. The van der Waals surface area contributed by atoms with Gasteiger partial charge in [-0.15, -0.1) is 0 Å². The number of hydrogen-bond donors (Lipinski definition) is 0. The molecule has 0 bridgehead atoms. The summed E-state index contributed by atoms with van der Waals surface area (Å²) in [6, 6.07) is 18.4. The summed E-state index contributed by atoms with van der Waals surface area (Å²) in [5.41, 5.74) is 2.39. The lowest BCUT2D eigenvalue weighted by Crippen LogP contribution is -2.37. The lowest BCUT2D eigenvalue weighted by Gasteiger charge is -2.32. The number of hydrogen-bond acceptors (Lipinski definition) is 4. The number of nitrogens with zero attached hydrogens (tertiary/aromatic N) is 2. The van der Waals surface area contributed by atoms with E-state index in [2.05, 4.69) is 40.2 Å². The molecule has 1 fully saturated rings. The fourth-order valence-corrected chi connectivity index (χ4v) is 4.63. The maximum Gasteiger partial charge on any atom is 0.286 e. The van der Waals surface area contributed by atoms with Crippen LogP contribution in [0.1, 0.15) is 24.0 Å². The Kier molecular flexibility index (Phi) is 5.81. The summed E-state index contributed by atoms with van der Waals surface area (Å²) in [7, 11) is 1.65. The van der Waals surface area contributed by atoms with Gasteiger partial charge in [0.1, 0.15) is 5.75 Å². The van der Waals surface area contributed by atoms with Gasteiger partial charge < -0.3 is 9.64 Å². The minimum Gasteiger partial charge on any atom is -0.497 e. The fourth-order valence-electron chi connectivity index (χ4n) is 3.66. The average Bonchev–Trinajstić information content (AvgIpc) is 3.10. The van der Waals surface area contributed by atoms with Crippen LogP contribution in [-0.2, 0) is 11.2 Å². The number of thioether (sulfide) groups is 1. The van der Waals surface area contributed by atoms with E-state index in [1.807, 2.05) is 30.3 Å². The van der Waals surface area contributed by atoms with Gasteiger partial charge in [0.2, 0.25) is 0 Å². The normalized spacial score (nSPS) is 19.2. The Morgan fingerprint density at radius 1 is 1.11 bits per heavy atom. The first-order valence-electron chi connectivity index (χ1n) is 9.67. The van der Waals surface area contributed by atoms with E-state index in [-0.39, 0.29) is 5.91 Å². The predicted octanol–water partition coefficient (Wildman–Crippen LogP) is 4.62. The van der Waals surface area contributed by atoms with Crippen molar-refractivity contribution in [3.8, 4) is 5.75 Å². The fraction of sp³-hybridized carbons (Fsp3) is 0.304. The van der Waals surface area contributed by atoms with Crippen LogP contribution in [0.4, 0.5) is 0 Å². The van der Waals surface area contributed by atoms with Crippen molar-refractivity contribution < 1.29 is 9.53 Å². The van der Waals surface area contributed by atoms with Crippen LogP contribution in [0.5, 0.6) is 5.75 Å². The molecule has 2 aromatic carbocycles. The van der Waals surface area contributed by atoms with E-state index in [1.165, 1.54) is 17.3 Å². The number of carbonyl (C=O) groups is 1. The first-order chi connectivity index (χ1) is 13.7. The number of likely N-dealkylation sites (tertiary alicyclic amines) is 1. The molecule has 2 aliphatic rings. The van der Waals surface area contributed by atoms with Gasteiger partial charge in [-0.25, -0.2) is 0 Å². The molecule has 1 saturated heterocycles. The molecule has 0 aromatic heterocycles. The molecule has 0 atom stereocenters. The van der Waals surface area contributed by atoms with E-state index in [0.717, 1.165) is 48.8 Å². The Morgan fingerprint density at radius 2 is 1.82 bits per heavy atom. The predicted molar refractivity (Wildman–Crippen MR) is 115 cm³/mol. The van der Waals surface area contributed by atoms with E-state index in [9.17, 15) is 4.79 Å². The molecule has 1 amide bonds. The maximum atomic E-state index is 12.3. The third kappa shape index (κ3) is 4.47. The zero-order chi connectivity index (χ0) is 19.3. The SMILES string of the molecule is COc1ccc(C=C2SC(N3CCC(Cc4ccccc4)CC3)=NC2=O)cc1. The number of piperidine rings is 1. The van der Waals surface area contributed by atoms with Gasteiger partial charge in [0.05, 0.1) is 12.0 Å². The quantitative estimate of drug-likeness (QED) is 0.712. The molecule has 0 N–H and O–H groups in total. The number of ether oxygens (including phenoxy) is 1. The number of amides is 1. The molecule has 5 heteroatoms. The van der Waals surface area contributed by atoms with Crippen molar-refractivity contribution in [1.29, 1.82) is 0 Å². The molecule has 4 rings (SSSR count). The van der Waals surface area contributed by atoms with Gasteiger partial charge in [-0.1, -0.05) is 42.5 Å². The number of rotatable bonds is 4. The van der Waals surface area contributed by atoms with E-state index in [4.69, 9.17) is 4.74 Å². The third-order valence-corrected chi connectivity index (χ3v) is 6.32. The Hall–Kier alpha value is -2.53. The van der Waals surface area contributed by atoms with Gasteiger partial charge in [0.15, 0.2) is 5.17 Å². The van der Waals surface area contributed by atoms with E-state index >= 15 is 0 Å². The minimum absolute atomic E-state index is 0.137. The highest BCUT2D eigenvalue weighted by Crippen LogP contribution is 2.33. The van der Waals surface area contributed by atoms with Crippen LogP contribution >= 0.6 is 11.8 Å². The van der Waals surface area contributed by atoms with Crippen molar-refractivity contribution in [2.75, 3.05) is 20.2 Å². The second-order valence-electron chi connectivity index (χ2n) is 7.20. The highest BCUT2D eigenvalue weighted by atomic mass is 32.2. The number of benzene rings is 2. The molecular formula is C23H24N2O2S. The smallest absolute Gasteiger partial charge is 0.286 e. The highest BCUT2D eigenvalue weighted by molar-refractivity contribution is 8.18. The number of amidine groups is 1. The van der Waals surface area contributed by atoms with Gasteiger partial charge in [0, 0.05) is 13.1 Å². The van der Waals surface area contributed by atoms with Crippen LogP contribution in [0.15, 0.2) is 64.5 Å². The van der Waals surface area contributed by atoms with E-state index in [1.54, 1.807) is 7.11 Å². The monoisotopic (exact) mass is 392 g/mol. The van der Waals surface area contributed by atoms with Gasteiger partial charge in [-0.3, -0.25) is 4.79 Å². The number of methoxy groups -OCH3 is 1. The molecule has 144 valence electrons. The Balaban J connectivity index is 1.34. The lowest BCUT2D eigenvalue weighted by atomic mass is 9.90. The van der Waals surface area contributed by atoms with Gasteiger partial charge in [0.25, 0.3) is 5.91 Å². The summed E-state index contributed by atoms with van der Waals surface area (Å²) < 4.78 is 5.18. The summed E-state index contributed by atoms with van der Waals surface area (Å²) >= 11 is 1.49. The van der Waals surface area contributed by atoms with Crippen molar-refractivity contribution in [2.24, 2.45) is 10.9 Å². The van der Waals surface area contributed by atoms with Crippen LogP contribution in [0.3, 0.4) is 0 Å². The largest absolute Gasteiger partial charge is 0.497 e. The lowest BCUT2D eigenvalue weighted by molar-refractivity contribution is -0.113. The summed E-state index contributed by atoms with van der Waals surface area (Å²) in [6.07, 6.45) is 5.32. The van der Waals surface area contributed by atoms with E-state index < -0.39 is 0 Å². The van der Waals surface area contributed by atoms with Gasteiger partial charge in [-0.05, 0) is 66.3 Å². The molecule has 2 heterocycles. The molecule has 0 radical (unpaired) electrons. The second kappa shape index (κ2) is 8.65. The second-order valence-corrected chi connectivity index (χ2v) is 8.21. The van der Waals surface area contributed by atoms with Crippen molar-refractivity contribution in [2.45, 2.75) is 19.3 Å². The van der Waals surface area contributed by atoms with Crippen LogP contribution in [-0.4, -0.2) is 36.2 Å². The molecular weight excluding hydrogens is 368 g/mol. The molecule has 0 saturated carbocycles. The summed E-state index contributed by atoms with van der Waals surface area (Å²) in [4.78, 5) is 19.6. The third-order valence-electron chi connectivity index (χ3n) is 5.28. The standard InChI is InChI=1S/C23H24N2O2S/c1-27-20-9-7-18(8-10-20)16-21-22(26)24-23(28-21)25-13-11-19(12-14-25)15-17-5-3-2-4-6-17/h2-10,16,19H,11-15H2,1H3. The average molecular weight is 393 g/mol. The van der Waals surface area contributed by atoms with Crippen LogP contribution in [0, 0.1) is 5.92 Å². The zero-order valence-corrected chi connectivity index (χ0v) is 16.8. The van der Waals surface area contributed by atoms with Crippen LogP contribution in [0.2, 0.25) is 0 Å². The van der Waals surface area contributed by atoms with Crippen molar-refractivity contribution in [1.82, 2.24) is 4.90 Å². The molecule has 2 aliphatic heterocycles. The Morgan fingerprint density at radius 3 is 2.50 bits per heavy atom. The summed E-state index contributed by atoms with van der Waals surface area (Å²) in [5.74, 6) is 1.38. The minimum atomic E-state index is -0.137. The topological polar surface area (TPSA) is 41.9 Å². The first kappa shape index (κ1) is 18.8. The first-order valence-corrected chi connectivity index (χ1v) is 10.5.